The summed E-state index contributed by atoms with van der Waals surface area (Å²) < 4.78 is 39.4. The number of ether oxygens (including phenoxy) is 2. The molecule has 116 valence electrons. The minimum Gasteiger partial charge on any atom is -0.376 e. The minimum absolute atomic E-state index is 0.0706. The molecule has 2 heterocycles. The third kappa shape index (κ3) is 2.69. The van der Waals surface area contributed by atoms with E-state index in [0.29, 0.717) is 24.5 Å². The molecule has 1 aliphatic heterocycles. The first kappa shape index (κ1) is 15.3. The van der Waals surface area contributed by atoms with Crippen LogP contribution in [0.4, 0.5) is 8.78 Å². The maximum absolute atomic E-state index is 14.2. The minimum atomic E-state index is -0.715. The summed E-state index contributed by atoms with van der Waals surface area (Å²) in [5, 5.41) is 7.64. The normalized spacial score (nSPS) is 18.5. The molecule has 0 radical (unpaired) electrons. The van der Waals surface area contributed by atoms with Crippen LogP contribution < -0.4 is 0 Å². The maximum Gasteiger partial charge on any atom is 0.160 e. The lowest BCUT2D eigenvalue weighted by atomic mass is 9.96. The van der Waals surface area contributed by atoms with E-state index in [1.54, 1.807) is 6.92 Å². The van der Waals surface area contributed by atoms with Gasteiger partial charge in [-0.2, -0.15) is 5.10 Å². The van der Waals surface area contributed by atoms with Gasteiger partial charge in [0.15, 0.2) is 5.15 Å². The number of rotatable bonds is 2. The van der Waals surface area contributed by atoms with E-state index in [0.717, 1.165) is 0 Å². The second-order valence-electron chi connectivity index (χ2n) is 4.90. The number of aromatic nitrogens is 2. The molecule has 3 rings (SSSR count). The SMILES string of the molecule is Cc1nnc(Cl)c(-c2c(F)cccc2F)c1C1COCCO1. The number of benzene rings is 1. The summed E-state index contributed by atoms with van der Waals surface area (Å²) in [5.74, 6) is -1.43. The first-order chi connectivity index (χ1) is 10.6. The van der Waals surface area contributed by atoms with E-state index in [9.17, 15) is 8.78 Å². The zero-order valence-electron chi connectivity index (χ0n) is 11.8. The number of hydrogen-bond acceptors (Lipinski definition) is 4. The number of halogens is 3. The fourth-order valence-corrected chi connectivity index (χ4v) is 2.77. The smallest absolute Gasteiger partial charge is 0.160 e. The predicted octanol–water partition coefficient (Wildman–Crippen LogP) is 3.47. The van der Waals surface area contributed by atoms with E-state index < -0.39 is 17.7 Å². The van der Waals surface area contributed by atoms with Crippen LogP contribution in [0.25, 0.3) is 11.1 Å². The predicted molar refractivity (Wildman–Crippen MR) is 76.6 cm³/mol. The van der Waals surface area contributed by atoms with Gasteiger partial charge in [0.25, 0.3) is 0 Å². The number of aryl methyl sites for hydroxylation is 1. The molecule has 2 aromatic rings. The van der Waals surface area contributed by atoms with Crippen molar-refractivity contribution in [3.63, 3.8) is 0 Å². The van der Waals surface area contributed by atoms with Gasteiger partial charge in [0.1, 0.15) is 17.7 Å². The summed E-state index contributed by atoms with van der Waals surface area (Å²) >= 11 is 6.10. The van der Waals surface area contributed by atoms with Crippen LogP contribution in [0.1, 0.15) is 17.4 Å². The molecular formula is C15H13ClF2N2O2. The molecule has 0 N–H and O–H groups in total. The first-order valence-electron chi connectivity index (χ1n) is 6.76. The van der Waals surface area contributed by atoms with Gasteiger partial charge in [-0.25, -0.2) is 8.78 Å². The Bertz CT molecular complexity index is 686. The molecule has 22 heavy (non-hydrogen) atoms. The topological polar surface area (TPSA) is 44.2 Å². The van der Waals surface area contributed by atoms with Gasteiger partial charge >= 0.3 is 0 Å². The van der Waals surface area contributed by atoms with Crippen LogP contribution in [-0.2, 0) is 9.47 Å². The molecule has 1 fully saturated rings. The van der Waals surface area contributed by atoms with Gasteiger partial charge in [0.2, 0.25) is 0 Å². The van der Waals surface area contributed by atoms with Gasteiger partial charge in [0, 0.05) is 11.1 Å². The fourth-order valence-electron chi connectivity index (χ4n) is 2.54. The molecule has 1 aromatic heterocycles. The van der Waals surface area contributed by atoms with Crippen molar-refractivity contribution in [2.24, 2.45) is 0 Å². The second-order valence-corrected chi connectivity index (χ2v) is 5.25. The summed E-state index contributed by atoms with van der Waals surface area (Å²) in [5.41, 5.74) is 0.941. The fraction of sp³-hybridized carbons (Fsp3) is 0.333. The average molecular weight is 327 g/mol. The van der Waals surface area contributed by atoms with Crippen molar-refractivity contribution in [2.45, 2.75) is 13.0 Å². The molecule has 4 nitrogen and oxygen atoms in total. The average Bonchev–Trinajstić information content (AvgIpc) is 2.51. The second kappa shape index (κ2) is 6.24. The van der Waals surface area contributed by atoms with Crippen molar-refractivity contribution in [3.8, 4) is 11.1 Å². The summed E-state index contributed by atoms with van der Waals surface area (Å²) in [6.45, 7) is 2.83. The largest absolute Gasteiger partial charge is 0.376 e. The lowest BCUT2D eigenvalue weighted by Crippen LogP contribution is -2.24. The van der Waals surface area contributed by atoms with Crippen molar-refractivity contribution in [2.75, 3.05) is 19.8 Å². The summed E-state index contributed by atoms with van der Waals surface area (Å²) in [4.78, 5) is 0. The van der Waals surface area contributed by atoms with Gasteiger partial charge in [-0.1, -0.05) is 17.7 Å². The molecule has 1 aliphatic rings. The van der Waals surface area contributed by atoms with Crippen LogP contribution in [0.5, 0.6) is 0 Å². The van der Waals surface area contributed by atoms with Gasteiger partial charge < -0.3 is 9.47 Å². The standard InChI is InChI=1S/C15H13ClF2N2O2/c1-8-12(11-7-21-5-6-22-11)14(15(16)20-19-8)13-9(17)3-2-4-10(13)18/h2-4,11H,5-7H2,1H3. The summed E-state index contributed by atoms with van der Waals surface area (Å²) in [6, 6.07) is 3.64. The molecule has 1 aromatic carbocycles. The van der Waals surface area contributed by atoms with Crippen LogP contribution in [0.2, 0.25) is 5.15 Å². The molecular weight excluding hydrogens is 314 g/mol. The van der Waals surface area contributed by atoms with E-state index in [1.807, 2.05) is 0 Å². The van der Waals surface area contributed by atoms with Gasteiger partial charge in [0.05, 0.1) is 31.1 Å². The van der Waals surface area contributed by atoms with Crippen LogP contribution >= 0.6 is 11.6 Å². The first-order valence-corrected chi connectivity index (χ1v) is 7.13. The quantitative estimate of drug-likeness (QED) is 0.847. The Labute approximate surface area is 131 Å². The van der Waals surface area contributed by atoms with E-state index in [2.05, 4.69) is 10.2 Å². The van der Waals surface area contributed by atoms with Crippen molar-refractivity contribution in [3.05, 3.63) is 46.2 Å². The monoisotopic (exact) mass is 326 g/mol. The highest BCUT2D eigenvalue weighted by molar-refractivity contribution is 6.32. The molecule has 1 atom stereocenters. The molecule has 0 amide bonds. The zero-order valence-corrected chi connectivity index (χ0v) is 12.5. The lowest BCUT2D eigenvalue weighted by molar-refractivity contribution is -0.0903. The van der Waals surface area contributed by atoms with E-state index in [1.165, 1.54) is 18.2 Å². The molecule has 1 unspecified atom stereocenters. The summed E-state index contributed by atoms with van der Waals surface area (Å²) in [6.07, 6.45) is -0.490. The lowest BCUT2D eigenvalue weighted by Gasteiger charge is -2.26. The van der Waals surface area contributed by atoms with Crippen LogP contribution in [0, 0.1) is 18.6 Å². The molecule has 0 aliphatic carbocycles. The van der Waals surface area contributed by atoms with E-state index in [4.69, 9.17) is 21.1 Å². The summed E-state index contributed by atoms with van der Waals surface area (Å²) in [7, 11) is 0. The van der Waals surface area contributed by atoms with Crippen LogP contribution in [0.3, 0.4) is 0 Å². The van der Waals surface area contributed by atoms with Gasteiger partial charge in [-0.05, 0) is 19.1 Å². The van der Waals surface area contributed by atoms with Gasteiger partial charge in [-0.3, -0.25) is 0 Å². The molecule has 0 spiro atoms. The highest BCUT2D eigenvalue weighted by Crippen LogP contribution is 2.39. The van der Waals surface area contributed by atoms with Crippen LogP contribution in [0.15, 0.2) is 18.2 Å². The molecule has 1 saturated heterocycles. The van der Waals surface area contributed by atoms with Crippen molar-refractivity contribution in [1.82, 2.24) is 10.2 Å². The Morgan fingerprint density at radius 1 is 1.14 bits per heavy atom. The van der Waals surface area contributed by atoms with E-state index >= 15 is 0 Å². The van der Waals surface area contributed by atoms with Crippen molar-refractivity contribution < 1.29 is 18.3 Å². The third-order valence-corrected chi connectivity index (χ3v) is 3.77. The Morgan fingerprint density at radius 2 is 1.86 bits per heavy atom. The third-order valence-electron chi connectivity index (χ3n) is 3.50. The van der Waals surface area contributed by atoms with Gasteiger partial charge in [-0.15, -0.1) is 5.10 Å². The Morgan fingerprint density at radius 3 is 2.50 bits per heavy atom. The molecule has 0 bridgehead atoms. The Balaban J connectivity index is 2.24. The maximum atomic E-state index is 14.2. The molecule has 7 heteroatoms. The van der Waals surface area contributed by atoms with Crippen LogP contribution in [-0.4, -0.2) is 30.0 Å². The zero-order chi connectivity index (χ0) is 15.7. The Hall–Kier alpha value is -1.63. The van der Waals surface area contributed by atoms with Crippen molar-refractivity contribution in [1.29, 1.82) is 0 Å². The van der Waals surface area contributed by atoms with Crippen molar-refractivity contribution >= 4 is 11.6 Å². The highest BCUT2D eigenvalue weighted by Gasteiger charge is 2.28. The van der Waals surface area contributed by atoms with E-state index in [-0.39, 0.29) is 22.9 Å². The Kier molecular flexibility index (Phi) is 4.33. The number of hydrogen-bond donors (Lipinski definition) is 0. The molecule has 0 saturated carbocycles. The number of nitrogens with zero attached hydrogens (tertiary/aromatic N) is 2. The highest BCUT2D eigenvalue weighted by atomic mass is 35.5.